The second kappa shape index (κ2) is 8.36. The molecule has 0 radical (unpaired) electrons. The molecule has 0 saturated heterocycles. The first kappa shape index (κ1) is 17.1. The molecule has 0 fully saturated rings. The minimum Gasteiger partial charge on any atom is -0.362 e. The van der Waals surface area contributed by atoms with Gasteiger partial charge in [-0.3, -0.25) is 10.2 Å². The zero-order valence-corrected chi connectivity index (χ0v) is 13.7. The van der Waals surface area contributed by atoms with E-state index in [0.717, 1.165) is 5.69 Å². The van der Waals surface area contributed by atoms with Crippen molar-refractivity contribution in [3.05, 3.63) is 76.4 Å². The zero-order valence-electron chi connectivity index (χ0n) is 12.1. The van der Waals surface area contributed by atoms with E-state index in [1.807, 2.05) is 30.3 Å². The molecule has 0 aliphatic heterocycles. The van der Waals surface area contributed by atoms with Crippen LogP contribution in [0, 0.1) is 5.41 Å². The summed E-state index contributed by atoms with van der Waals surface area (Å²) in [4.78, 5) is 11.9. The van der Waals surface area contributed by atoms with Crippen LogP contribution in [0.25, 0.3) is 0 Å². The minimum absolute atomic E-state index is 0.0147. The number of hydrogen-bond donors (Lipinski definition) is 3. The number of amides is 1. The van der Waals surface area contributed by atoms with Gasteiger partial charge in [0.25, 0.3) is 0 Å². The summed E-state index contributed by atoms with van der Waals surface area (Å²) >= 11 is 12.0. The van der Waals surface area contributed by atoms with Crippen LogP contribution < -0.4 is 10.6 Å². The van der Waals surface area contributed by atoms with Gasteiger partial charge in [-0.15, -0.1) is 0 Å². The van der Waals surface area contributed by atoms with E-state index >= 15 is 0 Å². The number of para-hydroxylation sites is 1. The van der Waals surface area contributed by atoms with Gasteiger partial charge in [-0.25, -0.2) is 0 Å². The number of amidine groups is 1. The predicted molar refractivity (Wildman–Crippen MR) is 95.2 cm³/mol. The molecule has 0 aliphatic carbocycles. The van der Waals surface area contributed by atoms with Crippen LogP contribution in [0.3, 0.4) is 0 Å². The number of halogens is 2. The van der Waals surface area contributed by atoms with Gasteiger partial charge < -0.3 is 10.6 Å². The predicted octanol–water partition coefficient (Wildman–Crippen LogP) is 4.26. The quantitative estimate of drug-likeness (QED) is 0.559. The first-order valence-corrected chi connectivity index (χ1v) is 7.61. The van der Waals surface area contributed by atoms with E-state index in [-0.39, 0.29) is 18.2 Å². The summed E-state index contributed by atoms with van der Waals surface area (Å²) in [6.07, 6.45) is 3.06. The van der Waals surface area contributed by atoms with Gasteiger partial charge in [-0.2, -0.15) is 0 Å². The molecule has 6 heteroatoms. The number of rotatable bonds is 5. The lowest BCUT2D eigenvalue weighted by Crippen LogP contribution is -2.30. The van der Waals surface area contributed by atoms with E-state index in [1.165, 1.54) is 6.08 Å². The van der Waals surface area contributed by atoms with Gasteiger partial charge in [0.15, 0.2) is 0 Å². The maximum absolute atomic E-state index is 11.9. The molecule has 2 rings (SSSR count). The van der Waals surface area contributed by atoms with Gasteiger partial charge in [0, 0.05) is 21.9 Å². The Morgan fingerprint density at radius 1 is 1.04 bits per heavy atom. The largest absolute Gasteiger partial charge is 0.362 e. The van der Waals surface area contributed by atoms with Crippen LogP contribution in [0.2, 0.25) is 10.0 Å². The van der Waals surface area contributed by atoms with Crippen molar-refractivity contribution in [3.63, 3.8) is 0 Å². The summed E-state index contributed by atoms with van der Waals surface area (Å²) in [5.41, 5.74) is 1.44. The Morgan fingerprint density at radius 2 is 1.70 bits per heavy atom. The van der Waals surface area contributed by atoms with E-state index in [9.17, 15) is 4.79 Å². The van der Waals surface area contributed by atoms with Crippen molar-refractivity contribution in [1.82, 2.24) is 5.32 Å². The Balaban J connectivity index is 1.86. The molecule has 3 N–H and O–H groups in total. The Labute approximate surface area is 144 Å². The lowest BCUT2D eigenvalue weighted by atomic mass is 10.1. The monoisotopic (exact) mass is 347 g/mol. The molecule has 0 aromatic heterocycles. The first-order valence-electron chi connectivity index (χ1n) is 6.85. The van der Waals surface area contributed by atoms with Crippen molar-refractivity contribution in [1.29, 1.82) is 5.41 Å². The zero-order chi connectivity index (χ0) is 16.7. The lowest BCUT2D eigenvalue weighted by Gasteiger charge is -2.07. The third-order valence-electron chi connectivity index (χ3n) is 2.95. The molecule has 1 amide bonds. The van der Waals surface area contributed by atoms with Crippen molar-refractivity contribution < 1.29 is 4.79 Å². The highest BCUT2D eigenvalue weighted by Crippen LogP contribution is 2.24. The van der Waals surface area contributed by atoms with Crippen LogP contribution in [-0.4, -0.2) is 11.7 Å². The van der Waals surface area contributed by atoms with Gasteiger partial charge >= 0.3 is 0 Å². The standard InChI is InChI=1S/C17H15Cl2N3O/c18-14-7-4-8-15(19)13(14)11-17(23)22-16(20)9-10-21-12-5-2-1-3-6-12/h1-10,21H,11H2,(H2,20,22,23)/b10-9-. The fourth-order valence-electron chi connectivity index (χ4n) is 1.85. The van der Waals surface area contributed by atoms with E-state index in [1.54, 1.807) is 24.4 Å². The molecule has 4 nitrogen and oxygen atoms in total. The Kier molecular flexibility index (Phi) is 6.20. The highest BCUT2D eigenvalue weighted by Gasteiger charge is 2.11. The summed E-state index contributed by atoms with van der Waals surface area (Å²) in [6.45, 7) is 0. The number of anilines is 1. The smallest absolute Gasteiger partial charge is 0.230 e. The third kappa shape index (κ3) is 5.43. The highest BCUT2D eigenvalue weighted by molar-refractivity contribution is 6.36. The van der Waals surface area contributed by atoms with Gasteiger partial charge in [0.2, 0.25) is 5.91 Å². The first-order chi connectivity index (χ1) is 11.1. The molecular formula is C17H15Cl2N3O. The highest BCUT2D eigenvalue weighted by atomic mass is 35.5. The second-order valence-electron chi connectivity index (χ2n) is 4.68. The molecule has 23 heavy (non-hydrogen) atoms. The number of carbonyl (C=O) groups excluding carboxylic acids is 1. The van der Waals surface area contributed by atoms with Crippen molar-refractivity contribution >= 4 is 40.6 Å². The van der Waals surface area contributed by atoms with Crippen LogP contribution in [0.1, 0.15) is 5.56 Å². The molecule has 0 bridgehead atoms. The van der Waals surface area contributed by atoms with E-state index in [2.05, 4.69) is 10.6 Å². The minimum atomic E-state index is -0.352. The molecule has 0 aliphatic rings. The average molecular weight is 348 g/mol. The Hall–Kier alpha value is -2.30. The molecular weight excluding hydrogens is 333 g/mol. The summed E-state index contributed by atoms with van der Waals surface area (Å²) < 4.78 is 0. The lowest BCUT2D eigenvalue weighted by molar-refractivity contribution is -0.119. The molecule has 2 aromatic carbocycles. The topological polar surface area (TPSA) is 65.0 Å². The Morgan fingerprint density at radius 3 is 2.35 bits per heavy atom. The fraction of sp³-hybridized carbons (Fsp3) is 0.0588. The van der Waals surface area contributed by atoms with Crippen molar-refractivity contribution in [2.24, 2.45) is 0 Å². The van der Waals surface area contributed by atoms with Crippen LogP contribution >= 0.6 is 23.2 Å². The maximum Gasteiger partial charge on any atom is 0.230 e. The van der Waals surface area contributed by atoms with Gasteiger partial charge in [-0.05, 0) is 35.9 Å². The average Bonchev–Trinajstić information content (AvgIpc) is 2.52. The second-order valence-corrected chi connectivity index (χ2v) is 5.50. The molecule has 0 unspecified atom stereocenters. The van der Waals surface area contributed by atoms with Crippen LogP contribution in [0.15, 0.2) is 60.8 Å². The van der Waals surface area contributed by atoms with Crippen LogP contribution in [-0.2, 0) is 11.2 Å². The van der Waals surface area contributed by atoms with Gasteiger partial charge in [-0.1, -0.05) is 47.5 Å². The molecule has 0 spiro atoms. The molecule has 2 aromatic rings. The number of nitrogens with one attached hydrogen (secondary N) is 3. The SMILES string of the molecule is N=C(/C=C\Nc1ccccc1)NC(=O)Cc1c(Cl)cccc1Cl. The van der Waals surface area contributed by atoms with Crippen LogP contribution in [0.5, 0.6) is 0 Å². The van der Waals surface area contributed by atoms with Gasteiger partial charge in [0.1, 0.15) is 5.84 Å². The summed E-state index contributed by atoms with van der Waals surface area (Å²) in [5, 5.41) is 14.1. The summed E-state index contributed by atoms with van der Waals surface area (Å²) in [5.74, 6) is -0.379. The van der Waals surface area contributed by atoms with E-state index in [0.29, 0.717) is 15.6 Å². The van der Waals surface area contributed by atoms with Crippen LogP contribution in [0.4, 0.5) is 5.69 Å². The number of carbonyl (C=O) groups is 1. The molecule has 0 heterocycles. The summed E-state index contributed by atoms with van der Waals surface area (Å²) in [6, 6.07) is 14.6. The Bertz CT molecular complexity index is 710. The number of hydrogen-bond acceptors (Lipinski definition) is 3. The van der Waals surface area contributed by atoms with E-state index in [4.69, 9.17) is 28.6 Å². The van der Waals surface area contributed by atoms with Crippen molar-refractivity contribution in [3.8, 4) is 0 Å². The third-order valence-corrected chi connectivity index (χ3v) is 3.66. The van der Waals surface area contributed by atoms with Gasteiger partial charge in [0.05, 0.1) is 6.42 Å². The number of benzene rings is 2. The van der Waals surface area contributed by atoms with Crippen molar-refractivity contribution in [2.45, 2.75) is 6.42 Å². The summed E-state index contributed by atoms with van der Waals surface area (Å²) in [7, 11) is 0. The van der Waals surface area contributed by atoms with E-state index < -0.39 is 0 Å². The molecule has 0 saturated carbocycles. The fourth-order valence-corrected chi connectivity index (χ4v) is 2.38. The molecule has 118 valence electrons. The van der Waals surface area contributed by atoms with Crippen molar-refractivity contribution in [2.75, 3.05) is 5.32 Å². The normalized spacial score (nSPS) is 10.5. The molecule has 0 atom stereocenters. The maximum atomic E-state index is 11.9.